The van der Waals surface area contributed by atoms with E-state index in [1.165, 1.54) is 6.20 Å². The first-order chi connectivity index (χ1) is 18.0. The molecule has 1 saturated heterocycles. The third-order valence-electron chi connectivity index (χ3n) is 6.78. The summed E-state index contributed by atoms with van der Waals surface area (Å²) in [5, 5.41) is 12.4. The molecular weight excluding hydrogens is 468 g/mol. The minimum atomic E-state index is -0.372. The van der Waals surface area contributed by atoms with E-state index in [4.69, 9.17) is 5.11 Å². The molecule has 5 rings (SSSR count). The first-order valence-electron chi connectivity index (χ1n) is 12.4. The van der Waals surface area contributed by atoms with Gasteiger partial charge in [0.25, 0.3) is 11.8 Å². The number of carbonyl (C=O) groups is 2. The average molecular weight is 499 g/mol. The fourth-order valence-corrected chi connectivity index (χ4v) is 4.87. The molecule has 9 heteroatoms. The Bertz CT molecular complexity index is 1420. The summed E-state index contributed by atoms with van der Waals surface area (Å²) >= 11 is 0. The standard InChI is InChI=1S/C28H30N6O3/c1-19-8-9-23-21(16-19)25(26(32(23)2)20-6-4-3-5-7-20)28(37)34-13-11-33(12-14-34)24-18-30-22(17-31-24)27(36)29-10-15-35/h3-9,16-18,35H,10-15H2,1-2H3,(H,29,36). The van der Waals surface area contributed by atoms with Crippen molar-refractivity contribution in [3.63, 3.8) is 0 Å². The van der Waals surface area contributed by atoms with Gasteiger partial charge in [-0.2, -0.15) is 0 Å². The van der Waals surface area contributed by atoms with Crippen molar-refractivity contribution in [3.8, 4) is 11.3 Å². The highest BCUT2D eigenvalue weighted by molar-refractivity contribution is 6.13. The van der Waals surface area contributed by atoms with Gasteiger partial charge in [0.05, 0.1) is 30.3 Å². The summed E-state index contributed by atoms with van der Waals surface area (Å²) in [6.07, 6.45) is 3.01. The molecule has 0 spiro atoms. The summed E-state index contributed by atoms with van der Waals surface area (Å²) in [5.74, 6) is 0.316. The number of piperazine rings is 1. The smallest absolute Gasteiger partial charge is 0.271 e. The predicted octanol–water partition coefficient (Wildman–Crippen LogP) is 2.63. The Morgan fingerprint density at radius 3 is 2.43 bits per heavy atom. The van der Waals surface area contributed by atoms with Crippen molar-refractivity contribution >= 4 is 28.5 Å². The lowest BCUT2D eigenvalue weighted by Crippen LogP contribution is -2.49. The molecule has 2 aromatic heterocycles. The maximum absolute atomic E-state index is 14.0. The average Bonchev–Trinajstić information content (AvgIpc) is 3.23. The number of carbonyl (C=O) groups excluding carboxylic acids is 2. The number of fused-ring (bicyclic) bond motifs is 1. The van der Waals surface area contributed by atoms with Crippen LogP contribution < -0.4 is 10.2 Å². The zero-order valence-electron chi connectivity index (χ0n) is 21.0. The van der Waals surface area contributed by atoms with E-state index in [0.717, 1.165) is 33.3 Å². The largest absolute Gasteiger partial charge is 0.395 e. The molecule has 0 radical (unpaired) electrons. The Hall–Kier alpha value is -4.24. The molecule has 0 unspecified atom stereocenters. The Kier molecular flexibility index (Phi) is 6.87. The Morgan fingerprint density at radius 2 is 1.76 bits per heavy atom. The Morgan fingerprint density at radius 1 is 1.00 bits per heavy atom. The fourth-order valence-electron chi connectivity index (χ4n) is 4.87. The van der Waals surface area contributed by atoms with Crippen molar-refractivity contribution in [3.05, 3.63) is 77.7 Å². The molecule has 37 heavy (non-hydrogen) atoms. The highest BCUT2D eigenvalue weighted by Crippen LogP contribution is 2.34. The van der Waals surface area contributed by atoms with E-state index in [9.17, 15) is 9.59 Å². The third-order valence-corrected chi connectivity index (χ3v) is 6.78. The van der Waals surface area contributed by atoms with Crippen LogP contribution in [0.15, 0.2) is 60.9 Å². The van der Waals surface area contributed by atoms with Gasteiger partial charge in [0.15, 0.2) is 0 Å². The molecule has 2 aromatic carbocycles. The van der Waals surface area contributed by atoms with Gasteiger partial charge < -0.3 is 24.8 Å². The molecule has 1 fully saturated rings. The monoisotopic (exact) mass is 498 g/mol. The first-order valence-corrected chi connectivity index (χ1v) is 12.4. The van der Waals surface area contributed by atoms with Crippen molar-refractivity contribution in [1.29, 1.82) is 0 Å². The highest BCUT2D eigenvalue weighted by atomic mass is 16.3. The van der Waals surface area contributed by atoms with Crippen molar-refractivity contribution < 1.29 is 14.7 Å². The number of hydrogen-bond donors (Lipinski definition) is 2. The maximum Gasteiger partial charge on any atom is 0.271 e. The Balaban J connectivity index is 1.37. The summed E-state index contributed by atoms with van der Waals surface area (Å²) in [4.78, 5) is 38.6. The number of amides is 2. The number of aliphatic hydroxyl groups excluding tert-OH is 1. The molecule has 3 heterocycles. The van der Waals surface area contributed by atoms with Crippen molar-refractivity contribution in [1.82, 2.24) is 24.8 Å². The van der Waals surface area contributed by atoms with Gasteiger partial charge in [-0.3, -0.25) is 9.59 Å². The van der Waals surface area contributed by atoms with Crippen LogP contribution in [0.5, 0.6) is 0 Å². The number of aryl methyl sites for hydroxylation is 2. The van der Waals surface area contributed by atoms with E-state index in [-0.39, 0.29) is 30.7 Å². The summed E-state index contributed by atoms with van der Waals surface area (Å²) in [7, 11) is 2.02. The number of rotatable bonds is 6. The van der Waals surface area contributed by atoms with Crippen LogP contribution in [0.4, 0.5) is 5.82 Å². The molecule has 2 amide bonds. The summed E-state index contributed by atoms with van der Waals surface area (Å²) in [5.41, 5.74) is 5.02. The lowest BCUT2D eigenvalue weighted by molar-refractivity contribution is 0.0748. The predicted molar refractivity (Wildman–Crippen MR) is 143 cm³/mol. The van der Waals surface area contributed by atoms with Gasteiger partial charge in [-0.25, -0.2) is 9.97 Å². The molecule has 0 saturated carbocycles. The SMILES string of the molecule is Cc1ccc2c(c1)c(C(=O)N1CCN(c3cnc(C(=O)NCCO)cn3)CC1)c(-c1ccccc1)n2C. The highest BCUT2D eigenvalue weighted by Gasteiger charge is 2.29. The molecular formula is C28H30N6O3. The zero-order chi connectivity index (χ0) is 25.9. The fraction of sp³-hybridized carbons (Fsp3) is 0.286. The van der Waals surface area contributed by atoms with E-state index < -0.39 is 0 Å². The van der Waals surface area contributed by atoms with Gasteiger partial charge in [0, 0.05) is 50.7 Å². The van der Waals surface area contributed by atoms with Crippen LogP contribution in [-0.4, -0.2) is 75.7 Å². The van der Waals surface area contributed by atoms with Gasteiger partial charge in [0.1, 0.15) is 11.5 Å². The van der Waals surface area contributed by atoms with Gasteiger partial charge in [-0.05, 0) is 24.6 Å². The molecule has 0 aliphatic carbocycles. The second-order valence-corrected chi connectivity index (χ2v) is 9.19. The molecule has 0 bridgehead atoms. The van der Waals surface area contributed by atoms with Crippen LogP contribution in [0.2, 0.25) is 0 Å². The topological polar surface area (TPSA) is 104 Å². The molecule has 0 atom stereocenters. The second-order valence-electron chi connectivity index (χ2n) is 9.19. The second kappa shape index (κ2) is 10.4. The third kappa shape index (κ3) is 4.77. The lowest BCUT2D eigenvalue weighted by Gasteiger charge is -2.35. The lowest BCUT2D eigenvalue weighted by atomic mass is 10.0. The van der Waals surface area contributed by atoms with Gasteiger partial charge >= 0.3 is 0 Å². The van der Waals surface area contributed by atoms with Crippen LogP contribution in [0, 0.1) is 6.92 Å². The number of hydrogen-bond acceptors (Lipinski definition) is 6. The van der Waals surface area contributed by atoms with Gasteiger partial charge in [0.2, 0.25) is 0 Å². The number of anilines is 1. The van der Waals surface area contributed by atoms with Gasteiger partial charge in [-0.15, -0.1) is 0 Å². The number of nitrogens with one attached hydrogen (secondary N) is 1. The molecule has 2 N–H and O–H groups in total. The zero-order valence-corrected chi connectivity index (χ0v) is 21.0. The van der Waals surface area contributed by atoms with Crippen LogP contribution >= 0.6 is 0 Å². The van der Waals surface area contributed by atoms with Crippen LogP contribution in [0.3, 0.4) is 0 Å². The number of aliphatic hydroxyl groups is 1. The number of nitrogens with zero attached hydrogens (tertiary/aromatic N) is 5. The van der Waals surface area contributed by atoms with E-state index in [1.807, 2.05) is 49.2 Å². The van der Waals surface area contributed by atoms with Crippen molar-refractivity contribution in [2.75, 3.05) is 44.2 Å². The maximum atomic E-state index is 14.0. The molecule has 1 aliphatic rings. The van der Waals surface area contributed by atoms with Crippen LogP contribution in [0.25, 0.3) is 22.2 Å². The quantitative estimate of drug-likeness (QED) is 0.424. The summed E-state index contributed by atoms with van der Waals surface area (Å²) in [6, 6.07) is 16.3. The van der Waals surface area contributed by atoms with Crippen molar-refractivity contribution in [2.45, 2.75) is 6.92 Å². The van der Waals surface area contributed by atoms with Crippen LogP contribution in [-0.2, 0) is 7.05 Å². The number of benzene rings is 2. The minimum absolute atomic E-state index is 0.0247. The molecule has 4 aromatic rings. The minimum Gasteiger partial charge on any atom is -0.395 e. The Labute approximate surface area is 215 Å². The first kappa shape index (κ1) is 24.5. The molecule has 1 aliphatic heterocycles. The van der Waals surface area contributed by atoms with Gasteiger partial charge in [-0.1, -0.05) is 42.0 Å². The van der Waals surface area contributed by atoms with E-state index >= 15 is 0 Å². The van der Waals surface area contributed by atoms with E-state index in [0.29, 0.717) is 32.0 Å². The summed E-state index contributed by atoms with van der Waals surface area (Å²) in [6.45, 7) is 4.41. The van der Waals surface area contributed by atoms with Crippen LogP contribution in [0.1, 0.15) is 26.4 Å². The molecule has 190 valence electrons. The van der Waals surface area contributed by atoms with E-state index in [2.05, 4.69) is 43.0 Å². The molecule has 9 nitrogen and oxygen atoms in total. The van der Waals surface area contributed by atoms with E-state index in [1.54, 1.807) is 6.20 Å². The summed E-state index contributed by atoms with van der Waals surface area (Å²) < 4.78 is 2.11. The van der Waals surface area contributed by atoms with Crippen molar-refractivity contribution in [2.24, 2.45) is 7.05 Å². The normalized spacial score (nSPS) is 13.7. The number of aromatic nitrogens is 3.